The van der Waals surface area contributed by atoms with Crippen molar-refractivity contribution in [3.05, 3.63) is 90.0 Å². The number of hydrazone groups is 1. The minimum Gasteiger partial charge on any atom is -0.493 e. The van der Waals surface area contributed by atoms with Crippen molar-refractivity contribution in [2.75, 3.05) is 20.3 Å². The number of hydrogen-bond acceptors (Lipinski definition) is 5. The van der Waals surface area contributed by atoms with E-state index >= 15 is 0 Å². The van der Waals surface area contributed by atoms with E-state index in [-0.39, 0.29) is 5.91 Å². The SMILES string of the molecule is COc1ccccc1OCCCOc1ccc(C=NNC(=O)c2ccccc2)cc1. The van der Waals surface area contributed by atoms with Gasteiger partial charge in [0.05, 0.1) is 26.5 Å². The summed E-state index contributed by atoms with van der Waals surface area (Å²) in [6.45, 7) is 1.07. The largest absolute Gasteiger partial charge is 0.493 e. The van der Waals surface area contributed by atoms with Gasteiger partial charge in [-0.1, -0.05) is 30.3 Å². The van der Waals surface area contributed by atoms with Gasteiger partial charge in [0.15, 0.2) is 11.5 Å². The summed E-state index contributed by atoms with van der Waals surface area (Å²) in [7, 11) is 1.62. The average Bonchev–Trinajstić information content (AvgIpc) is 2.80. The third-order valence-electron chi connectivity index (χ3n) is 4.18. The maximum atomic E-state index is 11.9. The van der Waals surface area contributed by atoms with Crippen LogP contribution in [0.5, 0.6) is 17.2 Å². The molecule has 0 heterocycles. The highest BCUT2D eigenvalue weighted by atomic mass is 16.5. The second-order valence-electron chi connectivity index (χ2n) is 6.34. The van der Waals surface area contributed by atoms with E-state index in [9.17, 15) is 4.79 Å². The monoisotopic (exact) mass is 404 g/mol. The third-order valence-corrected chi connectivity index (χ3v) is 4.18. The van der Waals surface area contributed by atoms with Crippen LogP contribution in [0.1, 0.15) is 22.3 Å². The zero-order valence-corrected chi connectivity index (χ0v) is 16.8. The molecule has 0 radical (unpaired) electrons. The highest BCUT2D eigenvalue weighted by molar-refractivity contribution is 5.94. The number of carbonyl (C=O) groups excluding carboxylic acids is 1. The van der Waals surface area contributed by atoms with E-state index in [4.69, 9.17) is 14.2 Å². The molecular weight excluding hydrogens is 380 g/mol. The Hall–Kier alpha value is -3.80. The first kappa shape index (κ1) is 20.9. The lowest BCUT2D eigenvalue weighted by atomic mass is 10.2. The van der Waals surface area contributed by atoms with Gasteiger partial charge >= 0.3 is 0 Å². The van der Waals surface area contributed by atoms with E-state index in [1.807, 2.05) is 66.7 Å². The van der Waals surface area contributed by atoms with Crippen molar-refractivity contribution in [2.45, 2.75) is 6.42 Å². The topological polar surface area (TPSA) is 69.2 Å². The van der Waals surface area contributed by atoms with E-state index in [1.54, 1.807) is 25.5 Å². The number of hydrogen-bond donors (Lipinski definition) is 1. The summed E-state index contributed by atoms with van der Waals surface area (Å²) < 4.78 is 16.7. The zero-order valence-electron chi connectivity index (χ0n) is 16.8. The van der Waals surface area contributed by atoms with Crippen LogP contribution >= 0.6 is 0 Å². The Labute approximate surface area is 176 Å². The van der Waals surface area contributed by atoms with E-state index in [0.717, 1.165) is 29.2 Å². The van der Waals surface area contributed by atoms with Crippen LogP contribution in [0.15, 0.2) is 84.0 Å². The summed E-state index contributed by atoms with van der Waals surface area (Å²) in [4.78, 5) is 11.9. The molecule has 1 amide bonds. The zero-order chi connectivity index (χ0) is 21.0. The van der Waals surface area contributed by atoms with Crippen molar-refractivity contribution in [1.29, 1.82) is 0 Å². The van der Waals surface area contributed by atoms with Gasteiger partial charge in [-0.2, -0.15) is 5.10 Å². The molecule has 0 fully saturated rings. The summed E-state index contributed by atoms with van der Waals surface area (Å²) in [6.07, 6.45) is 2.33. The van der Waals surface area contributed by atoms with Gasteiger partial charge in [-0.3, -0.25) is 4.79 Å². The number of carbonyl (C=O) groups is 1. The van der Waals surface area contributed by atoms with Crippen LogP contribution in [0.25, 0.3) is 0 Å². The Morgan fingerprint density at radius 2 is 1.53 bits per heavy atom. The van der Waals surface area contributed by atoms with Crippen molar-refractivity contribution >= 4 is 12.1 Å². The number of benzene rings is 3. The Morgan fingerprint density at radius 1 is 0.867 bits per heavy atom. The molecule has 1 N–H and O–H groups in total. The smallest absolute Gasteiger partial charge is 0.271 e. The molecule has 3 aromatic rings. The first-order chi connectivity index (χ1) is 14.8. The van der Waals surface area contributed by atoms with Crippen LogP contribution in [-0.4, -0.2) is 32.4 Å². The number of nitrogens with one attached hydrogen (secondary N) is 1. The minimum absolute atomic E-state index is 0.248. The number of para-hydroxylation sites is 2. The van der Waals surface area contributed by atoms with Gasteiger partial charge in [0.25, 0.3) is 5.91 Å². The number of amides is 1. The van der Waals surface area contributed by atoms with Crippen molar-refractivity contribution < 1.29 is 19.0 Å². The van der Waals surface area contributed by atoms with Crippen molar-refractivity contribution in [3.63, 3.8) is 0 Å². The lowest BCUT2D eigenvalue weighted by Crippen LogP contribution is -2.17. The average molecular weight is 404 g/mol. The molecule has 0 saturated heterocycles. The molecule has 0 unspecified atom stereocenters. The maximum Gasteiger partial charge on any atom is 0.271 e. The fourth-order valence-electron chi connectivity index (χ4n) is 2.64. The van der Waals surface area contributed by atoms with E-state index in [2.05, 4.69) is 10.5 Å². The molecule has 0 aliphatic carbocycles. The van der Waals surface area contributed by atoms with Crippen LogP contribution in [0.4, 0.5) is 0 Å². The molecule has 0 saturated carbocycles. The Balaban J connectivity index is 1.37. The molecule has 6 heteroatoms. The van der Waals surface area contributed by atoms with Gasteiger partial charge < -0.3 is 14.2 Å². The predicted molar refractivity (Wildman–Crippen MR) is 117 cm³/mol. The van der Waals surface area contributed by atoms with Gasteiger partial charge in [0, 0.05) is 12.0 Å². The molecule has 3 rings (SSSR count). The Morgan fingerprint density at radius 3 is 2.27 bits per heavy atom. The van der Waals surface area contributed by atoms with Crippen LogP contribution in [0, 0.1) is 0 Å². The van der Waals surface area contributed by atoms with E-state index < -0.39 is 0 Å². The summed E-state index contributed by atoms with van der Waals surface area (Å²) in [5.74, 6) is 1.96. The van der Waals surface area contributed by atoms with E-state index in [0.29, 0.717) is 18.8 Å². The molecule has 0 atom stereocenters. The van der Waals surface area contributed by atoms with E-state index in [1.165, 1.54) is 0 Å². The van der Waals surface area contributed by atoms with Crippen LogP contribution in [0.2, 0.25) is 0 Å². The first-order valence-corrected chi connectivity index (χ1v) is 9.63. The number of rotatable bonds is 10. The van der Waals surface area contributed by atoms with Crippen molar-refractivity contribution in [2.24, 2.45) is 5.10 Å². The molecule has 6 nitrogen and oxygen atoms in total. The number of methoxy groups -OCH3 is 1. The van der Waals surface area contributed by atoms with Crippen molar-refractivity contribution in [1.82, 2.24) is 5.43 Å². The molecule has 30 heavy (non-hydrogen) atoms. The molecule has 0 spiro atoms. The third kappa shape index (κ3) is 6.38. The number of nitrogens with zero attached hydrogens (tertiary/aromatic N) is 1. The second-order valence-corrected chi connectivity index (χ2v) is 6.34. The Kier molecular flexibility index (Phi) is 7.85. The minimum atomic E-state index is -0.248. The fourth-order valence-corrected chi connectivity index (χ4v) is 2.64. The summed E-state index contributed by atoms with van der Waals surface area (Å²) >= 11 is 0. The van der Waals surface area contributed by atoms with Crippen LogP contribution in [-0.2, 0) is 0 Å². The summed E-state index contributed by atoms with van der Waals surface area (Å²) in [6, 6.07) is 24.0. The highest BCUT2D eigenvalue weighted by Crippen LogP contribution is 2.25. The molecule has 0 aromatic heterocycles. The standard InChI is InChI=1S/C24H24N2O4/c1-28-22-10-5-6-11-23(22)30-17-7-16-29-21-14-12-19(13-15-21)18-25-26-24(27)20-8-3-2-4-9-20/h2-6,8-15,18H,7,16-17H2,1H3,(H,26,27). The molecule has 0 aliphatic heterocycles. The van der Waals surface area contributed by atoms with Crippen molar-refractivity contribution in [3.8, 4) is 17.2 Å². The molecule has 0 bridgehead atoms. The summed E-state index contributed by atoms with van der Waals surface area (Å²) in [5, 5.41) is 3.98. The van der Waals surface area contributed by atoms with Crippen LogP contribution < -0.4 is 19.6 Å². The molecular formula is C24H24N2O4. The Bertz CT molecular complexity index is 956. The number of ether oxygens (including phenoxy) is 3. The molecule has 0 aliphatic rings. The maximum absolute atomic E-state index is 11.9. The first-order valence-electron chi connectivity index (χ1n) is 9.63. The summed E-state index contributed by atoms with van der Waals surface area (Å²) in [5.41, 5.74) is 3.93. The lowest BCUT2D eigenvalue weighted by molar-refractivity contribution is 0.0955. The second kappa shape index (κ2) is 11.3. The molecule has 154 valence electrons. The van der Waals surface area contributed by atoms with Gasteiger partial charge in [-0.15, -0.1) is 0 Å². The highest BCUT2D eigenvalue weighted by Gasteiger charge is 2.03. The van der Waals surface area contributed by atoms with Gasteiger partial charge in [0.1, 0.15) is 5.75 Å². The molecule has 3 aromatic carbocycles. The van der Waals surface area contributed by atoms with Crippen LogP contribution in [0.3, 0.4) is 0 Å². The quantitative estimate of drug-likeness (QED) is 0.311. The normalized spacial score (nSPS) is 10.6. The lowest BCUT2D eigenvalue weighted by Gasteiger charge is -2.10. The van der Waals surface area contributed by atoms with Gasteiger partial charge in [-0.25, -0.2) is 5.43 Å². The predicted octanol–water partition coefficient (Wildman–Crippen LogP) is 4.31. The van der Waals surface area contributed by atoms with Gasteiger partial charge in [-0.05, 0) is 54.1 Å². The fraction of sp³-hybridized carbons (Fsp3) is 0.167. The van der Waals surface area contributed by atoms with Gasteiger partial charge in [0.2, 0.25) is 0 Å².